The minimum atomic E-state index is -0.511. The molecule has 1 aromatic heterocycles. The highest BCUT2D eigenvalue weighted by atomic mass is 16.3. The first-order valence-electron chi connectivity index (χ1n) is 9.02. The van der Waals surface area contributed by atoms with Crippen LogP contribution in [0, 0.1) is 0 Å². The fourth-order valence-corrected chi connectivity index (χ4v) is 3.44. The molecule has 1 heterocycles. The fourth-order valence-electron chi connectivity index (χ4n) is 3.44. The summed E-state index contributed by atoms with van der Waals surface area (Å²) in [6.07, 6.45) is 1.62. The van der Waals surface area contributed by atoms with Gasteiger partial charge in [0.25, 0.3) is 0 Å². The number of carbonyl (C=O) groups excluding carboxylic acids is 1. The van der Waals surface area contributed by atoms with E-state index >= 15 is 0 Å². The summed E-state index contributed by atoms with van der Waals surface area (Å²) in [6.45, 7) is 6.52. The highest BCUT2D eigenvalue weighted by molar-refractivity contribution is 6.02. The summed E-state index contributed by atoms with van der Waals surface area (Å²) in [5.41, 5.74) is 3.47. The zero-order chi connectivity index (χ0) is 18.5. The standard InChI is InChI=1S/C22H24N2O2/c1-21(2,3)19-12-14-11-16(7-8-18(14)24-19)23-20(26)22(9-10-22)15-5-4-6-17(25)13-15/h4-8,11-13,24-25H,9-10H2,1-3H3,(H,23,26). The summed E-state index contributed by atoms with van der Waals surface area (Å²) >= 11 is 0. The van der Waals surface area contributed by atoms with Crippen LogP contribution < -0.4 is 5.32 Å². The first-order valence-corrected chi connectivity index (χ1v) is 9.02. The minimum absolute atomic E-state index is 0.00553. The number of amides is 1. The van der Waals surface area contributed by atoms with Crippen molar-refractivity contribution in [2.45, 2.75) is 44.4 Å². The number of aromatic nitrogens is 1. The molecule has 3 aromatic rings. The van der Waals surface area contributed by atoms with Crippen molar-refractivity contribution in [2.24, 2.45) is 0 Å². The molecule has 1 saturated carbocycles. The highest BCUT2D eigenvalue weighted by Gasteiger charge is 2.51. The number of aromatic amines is 1. The smallest absolute Gasteiger partial charge is 0.235 e. The molecule has 2 aromatic carbocycles. The lowest BCUT2D eigenvalue weighted by atomic mass is 9.92. The van der Waals surface area contributed by atoms with Crippen LogP contribution in [0.1, 0.15) is 44.9 Å². The molecule has 0 unspecified atom stereocenters. The summed E-state index contributed by atoms with van der Waals surface area (Å²) in [6, 6.07) is 15.1. The van der Waals surface area contributed by atoms with E-state index in [0.717, 1.165) is 35.0 Å². The second-order valence-corrected chi connectivity index (χ2v) is 8.32. The minimum Gasteiger partial charge on any atom is -0.508 e. The Morgan fingerprint density at radius 1 is 1.12 bits per heavy atom. The molecular weight excluding hydrogens is 324 g/mol. The Labute approximate surface area is 153 Å². The predicted molar refractivity (Wildman–Crippen MR) is 105 cm³/mol. The van der Waals surface area contributed by atoms with Gasteiger partial charge < -0.3 is 15.4 Å². The van der Waals surface area contributed by atoms with Crippen molar-refractivity contribution in [1.29, 1.82) is 0 Å². The van der Waals surface area contributed by atoms with E-state index in [2.05, 4.69) is 37.1 Å². The number of phenols is 1. The van der Waals surface area contributed by atoms with Crippen LogP contribution in [0.5, 0.6) is 5.75 Å². The highest BCUT2D eigenvalue weighted by Crippen LogP contribution is 2.49. The number of rotatable bonds is 3. The average Bonchev–Trinajstić information content (AvgIpc) is 3.27. The molecule has 3 N–H and O–H groups in total. The molecule has 1 aliphatic rings. The SMILES string of the molecule is CC(C)(C)c1cc2cc(NC(=O)C3(c4cccc(O)c4)CC3)ccc2[nH]1. The maximum Gasteiger partial charge on any atom is 0.235 e. The summed E-state index contributed by atoms with van der Waals surface area (Å²) in [7, 11) is 0. The maximum absolute atomic E-state index is 12.9. The first kappa shape index (κ1) is 16.7. The predicted octanol–water partition coefficient (Wildman–Crippen LogP) is 4.84. The summed E-state index contributed by atoms with van der Waals surface area (Å²) in [4.78, 5) is 16.4. The van der Waals surface area contributed by atoms with Gasteiger partial charge >= 0.3 is 0 Å². The van der Waals surface area contributed by atoms with Crippen LogP contribution in [0.4, 0.5) is 5.69 Å². The average molecular weight is 348 g/mol. The molecule has 26 heavy (non-hydrogen) atoms. The molecule has 0 spiro atoms. The van der Waals surface area contributed by atoms with E-state index < -0.39 is 5.41 Å². The van der Waals surface area contributed by atoms with Gasteiger partial charge in [0.15, 0.2) is 0 Å². The number of phenolic OH excluding ortho intramolecular Hbond substituents is 1. The van der Waals surface area contributed by atoms with Crippen molar-refractivity contribution >= 4 is 22.5 Å². The molecule has 0 bridgehead atoms. The monoisotopic (exact) mass is 348 g/mol. The summed E-state index contributed by atoms with van der Waals surface area (Å²) in [5, 5.41) is 13.9. The Bertz CT molecular complexity index is 991. The normalized spacial score (nSPS) is 15.8. The second kappa shape index (κ2) is 5.63. The number of nitrogens with one attached hydrogen (secondary N) is 2. The number of anilines is 1. The van der Waals surface area contributed by atoms with E-state index in [0.29, 0.717) is 0 Å². The van der Waals surface area contributed by atoms with E-state index in [4.69, 9.17) is 0 Å². The van der Waals surface area contributed by atoms with Gasteiger partial charge in [-0.15, -0.1) is 0 Å². The quantitative estimate of drug-likeness (QED) is 0.634. The Balaban J connectivity index is 1.60. The van der Waals surface area contributed by atoms with Crippen LogP contribution >= 0.6 is 0 Å². The van der Waals surface area contributed by atoms with Gasteiger partial charge in [-0.05, 0) is 54.8 Å². The van der Waals surface area contributed by atoms with Crippen molar-refractivity contribution in [3.63, 3.8) is 0 Å². The molecule has 1 amide bonds. The molecule has 0 radical (unpaired) electrons. The maximum atomic E-state index is 12.9. The Hall–Kier alpha value is -2.75. The van der Waals surface area contributed by atoms with Crippen molar-refractivity contribution in [3.05, 3.63) is 59.8 Å². The number of H-pyrrole nitrogens is 1. The van der Waals surface area contributed by atoms with E-state index in [1.54, 1.807) is 18.2 Å². The first-order chi connectivity index (χ1) is 12.3. The van der Waals surface area contributed by atoms with E-state index in [1.807, 2.05) is 24.3 Å². The topological polar surface area (TPSA) is 65.1 Å². The molecule has 1 fully saturated rings. The van der Waals surface area contributed by atoms with Crippen LogP contribution in [-0.2, 0) is 15.6 Å². The van der Waals surface area contributed by atoms with Crippen LogP contribution in [0.2, 0.25) is 0 Å². The van der Waals surface area contributed by atoms with Gasteiger partial charge in [-0.3, -0.25) is 4.79 Å². The van der Waals surface area contributed by atoms with Crippen molar-refractivity contribution in [1.82, 2.24) is 4.98 Å². The Morgan fingerprint density at radius 3 is 2.54 bits per heavy atom. The van der Waals surface area contributed by atoms with Gasteiger partial charge in [-0.1, -0.05) is 32.9 Å². The van der Waals surface area contributed by atoms with Crippen LogP contribution in [0.25, 0.3) is 10.9 Å². The van der Waals surface area contributed by atoms with Gasteiger partial charge in [0.1, 0.15) is 5.75 Å². The fraction of sp³-hybridized carbons (Fsp3) is 0.318. The third-order valence-electron chi connectivity index (χ3n) is 5.27. The molecule has 1 aliphatic carbocycles. The molecule has 134 valence electrons. The van der Waals surface area contributed by atoms with Gasteiger partial charge in [0.2, 0.25) is 5.91 Å². The molecule has 4 rings (SSSR count). The number of hydrogen-bond donors (Lipinski definition) is 3. The van der Waals surface area contributed by atoms with E-state index in [-0.39, 0.29) is 17.1 Å². The van der Waals surface area contributed by atoms with Crippen LogP contribution in [0.15, 0.2) is 48.5 Å². The number of carbonyl (C=O) groups is 1. The van der Waals surface area contributed by atoms with Gasteiger partial charge in [-0.25, -0.2) is 0 Å². The molecule has 4 nitrogen and oxygen atoms in total. The molecule has 0 aliphatic heterocycles. The van der Waals surface area contributed by atoms with Crippen LogP contribution in [-0.4, -0.2) is 16.0 Å². The number of benzene rings is 2. The van der Waals surface area contributed by atoms with Gasteiger partial charge in [-0.2, -0.15) is 0 Å². The zero-order valence-electron chi connectivity index (χ0n) is 15.4. The number of hydrogen-bond acceptors (Lipinski definition) is 2. The molecule has 4 heteroatoms. The lowest BCUT2D eigenvalue weighted by Crippen LogP contribution is -2.27. The van der Waals surface area contributed by atoms with E-state index in [9.17, 15) is 9.90 Å². The third-order valence-corrected chi connectivity index (χ3v) is 5.27. The van der Waals surface area contributed by atoms with Crippen LogP contribution in [0.3, 0.4) is 0 Å². The molecular formula is C22H24N2O2. The Kier molecular flexibility index (Phi) is 3.62. The second-order valence-electron chi connectivity index (χ2n) is 8.32. The zero-order valence-corrected chi connectivity index (χ0v) is 15.4. The van der Waals surface area contributed by atoms with E-state index in [1.165, 1.54) is 5.69 Å². The third kappa shape index (κ3) is 2.85. The van der Waals surface area contributed by atoms with Gasteiger partial charge in [0, 0.05) is 27.7 Å². The van der Waals surface area contributed by atoms with Gasteiger partial charge in [0.05, 0.1) is 5.41 Å². The summed E-state index contributed by atoms with van der Waals surface area (Å²) in [5.74, 6) is 0.194. The summed E-state index contributed by atoms with van der Waals surface area (Å²) < 4.78 is 0. The van der Waals surface area contributed by atoms with Crippen molar-refractivity contribution in [3.8, 4) is 5.75 Å². The largest absolute Gasteiger partial charge is 0.508 e. The lowest BCUT2D eigenvalue weighted by molar-refractivity contribution is -0.118. The number of fused-ring (bicyclic) bond motifs is 1. The number of aromatic hydroxyl groups is 1. The van der Waals surface area contributed by atoms with Crippen molar-refractivity contribution < 1.29 is 9.90 Å². The molecule has 0 atom stereocenters. The Morgan fingerprint density at radius 2 is 1.88 bits per heavy atom. The van der Waals surface area contributed by atoms with Crippen molar-refractivity contribution in [2.75, 3.05) is 5.32 Å². The molecule has 0 saturated heterocycles. The lowest BCUT2D eigenvalue weighted by Gasteiger charge is -2.16.